The quantitative estimate of drug-likeness (QED) is 0.329. The van der Waals surface area contributed by atoms with E-state index >= 15 is 0 Å². The van der Waals surface area contributed by atoms with Crippen LogP contribution in [0.5, 0.6) is 0 Å². The van der Waals surface area contributed by atoms with E-state index in [0.717, 1.165) is 0 Å². The van der Waals surface area contributed by atoms with Gasteiger partial charge in [0.15, 0.2) is 11.8 Å². The number of fused-ring (bicyclic) bond motifs is 1. The molecule has 0 bridgehead atoms. The molecule has 4 aromatic rings. The Morgan fingerprint density at radius 2 is 2.04 bits per heavy atom. The molecule has 0 saturated carbocycles. The van der Waals surface area contributed by atoms with Crippen molar-refractivity contribution in [3.8, 4) is 11.3 Å². The molecule has 7 N–H and O–H groups in total. The zero-order chi connectivity index (χ0) is 19.9. The number of primary sulfonamides is 1. The number of nitrogens with one attached hydrogen (secondary N) is 4. The van der Waals surface area contributed by atoms with Gasteiger partial charge in [0.05, 0.1) is 4.90 Å². The number of sulfonamides is 1. The maximum Gasteiger partial charge on any atom is 0.352 e. The molecule has 28 heavy (non-hydrogen) atoms. The highest BCUT2D eigenvalue weighted by molar-refractivity contribution is 7.89. The van der Waals surface area contributed by atoms with E-state index < -0.39 is 16.0 Å². The number of carboxylic acid groups (broad SMARTS) is 1. The molecule has 0 aliphatic heterocycles. The largest absolute Gasteiger partial charge is 0.477 e. The standard InChI is InChI=1S/C16H13N7O4S/c17-28(26,27)10-3-1-2-9(5-10)21-16-22-12(13-14(23-16)20-7-19-13)8-4-11(15(24)25)18-6-8/h1-7,18H,(H,24,25)(H2,17,26,27)(H2,19,20,21,22,23)/p+1. The van der Waals surface area contributed by atoms with Crippen molar-refractivity contribution >= 4 is 38.8 Å². The third-order valence-electron chi connectivity index (χ3n) is 3.94. The van der Waals surface area contributed by atoms with Crippen molar-refractivity contribution in [2.45, 2.75) is 4.90 Å². The molecule has 0 radical (unpaired) electrons. The average molecular weight is 400 g/mol. The first-order chi connectivity index (χ1) is 13.3. The van der Waals surface area contributed by atoms with Crippen molar-refractivity contribution in [2.75, 3.05) is 5.32 Å². The zero-order valence-electron chi connectivity index (χ0n) is 14.1. The summed E-state index contributed by atoms with van der Waals surface area (Å²) in [6, 6.07) is 7.37. The van der Waals surface area contributed by atoms with Gasteiger partial charge in [0.25, 0.3) is 0 Å². The van der Waals surface area contributed by atoms with E-state index in [-0.39, 0.29) is 16.5 Å². The highest BCUT2D eigenvalue weighted by atomic mass is 32.2. The summed E-state index contributed by atoms with van der Waals surface area (Å²) < 4.78 is 23.1. The van der Waals surface area contributed by atoms with Crippen molar-refractivity contribution in [1.82, 2.24) is 19.9 Å². The fourth-order valence-corrected chi connectivity index (χ4v) is 3.24. The van der Waals surface area contributed by atoms with Gasteiger partial charge in [-0.15, -0.1) is 0 Å². The third kappa shape index (κ3) is 3.28. The number of aromatic nitrogens is 5. The van der Waals surface area contributed by atoms with Crippen LogP contribution in [0.15, 0.2) is 47.8 Å². The first-order valence-electron chi connectivity index (χ1n) is 7.90. The summed E-state index contributed by atoms with van der Waals surface area (Å²) in [5, 5.41) is 17.2. The second-order valence-corrected chi connectivity index (χ2v) is 7.42. The van der Waals surface area contributed by atoms with Crippen LogP contribution in [0.4, 0.5) is 11.6 Å². The summed E-state index contributed by atoms with van der Waals surface area (Å²) in [7, 11) is -3.85. The first kappa shape index (κ1) is 17.6. The third-order valence-corrected chi connectivity index (χ3v) is 4.85. The highest BCUT2D eigenvalue weighted by Gasteiger charge is 2.20. The van der Waals surface area contributed by atoms with E-state index in [9.17, 15) is 13.2 Å². The lowest BCUT2D eigenvalue weighted by atomic mass is 10.2. The predicted molar refractivity (Wildman–Crippen MR) is 98.3 cm³/mol. The van der Waals surface area contributed by atoms with E-state index in [2.05, 4.69) is 30.2 Å². The minimum atomic E-state index is -3.85. The number of rotatable bonds is 5. The summed E-state index contributed by atoms with van der Waals surface area (Å²) in [5.74, 6) is -0.907. The normalized spacial score (nSPS) is 11.6. The Morgan fingerprint density at radius 3 is 2.75 bits per heavy atom. The molecule has 0 aliphatic carbocycles. The fraction of sp³-hybridized carbons (Fsp3) is 0. The molecule has 0 saturated heterocycles. The maximum atomic E-state index is 11.5. The molecule has 3 aromatic heterocycles. The molecule has 0 aliphatic rings. The fourth-order valence-electron chi connectivity index (χ4n) is 2.68. The van der Waals surface area contributed by atoms with E-state index in [4.69, 9.17) is 10.2 Å². The van der Waals surface area contributed by atoms with Crippen molar-refractivity contribution in [2.24, 2.45) is 5.14 Å². The van der Waals surface area contributed by atoms with Crippen LogP contribution in [-0.4, -0.2) is 39.4 Å². The number of carboxylic acids is 1. The van der Waals surface area contributed by atoms with Gasteiger partial charge in [0.1, 0.15) is 11.4 Å². The molecule has 1 aromatic carbocycles. The Kier molecular flexibility index (Phi) is 4.05. The van der Waals surface area contributed by atoms with Crippen LogP contribution < -0.4 is 15.4 Å². The van der Waals surface area contributed by atoms with Crippen molar-refractivity contribution in [3.63, 3.8) is 0 Å². The monoisotopic (exact) mass is 400 g/mol. The molecule has 142 valence electrons. The van der Waals surface area contributed by atoms with E-state index in [1.807, 2.05) is 0 Å². The van der Waals surface area contributed by atoms with Crippen LogP contribution in [-0.2, 0) is 10.0 Å². The summed E-state index contributed by atoms with van der Waals surface area (Å²) >= 11 is 0. The Labute approximate surface area is 157 Å². The number of imidazole rings is 1. The Morgan fingerprint density at radius 1 is 1.21 bits per heavy atom. The van der Waals surface area contributed by atoms with Gasteiger partial charge in [0.2, 0.25) is 10.0 Å². The van der Waals surface area contributed by atoms with Crippen LogP contribution >= 0.6 is 0 Å². The topological polar surface area (TPSA) is 181 Å². The predicted octanol–water partition coefficient (Wildman–Crippen LogP) is 0.856. The zero-order valence-corrected chi connectivity index (χ0v) is 14.9. The number of hydrogen-bond acceptors (Lipinski definition) is 6. The van der Waals surface area contributed by atoms with E-state index in [1.54, 1.807) is 12.4 Å². The lowest BCUT2D eigenvalue weighted by Gasteiger charge is -2.05. The number of hydrogen-bond donors (Lipinski definition) is 5. The van der Waals surface area contributed by atoms with E-state index in [0.29, 0.717) is 28.1 Å². The highest BCUT2D eigenvalue weighted by Crippen LogP contribution is 2.26. The van der Waals surface area contributed by atoms with Crippen molar-refractivity contribution in [1.29, 1.82) is 0 Å². The molecule has 3 heterocycles. The Hall–Kier alpha value is -3.77. The lowest BCUT2D eigenvalue weighted by molar-refractivity contribution is -0.347. The maximum absolute atomic E-state index is 11.5. The summed E-state index contributed by atoms with van der Waals surface area (Å²) in [4.78, 5) is 28.4. The molecule has 0 amide bonds. The molecule has 0 spiro atoms. The number of anilines is 2. The number of nitrogens with two attached hydrogens (primary N) is 1. The molecule has 0 fully saturated rings. The lowest BCUT2D eigenvalue weighted by Crippen LogP contribution is -2.12. The van der Waals surface area contributed by atoms with Gasteiger partial charge in [-0.25, -0.2) is 23.3 Å². The molecule has 11 nitrogen and oxygen atoms in total. The SMILES string of the molecule is NS(=O)(=O)c1cccc(Nc2nc(-c3c[nH]c(C(=O)O)c3)c3[nH]c[nH+]c3n2)c1. The molecule has 4 rings (SSSR count). The Bertz CT molecular complexity index is 1310. The van der Waals surface area contributed by atoms with Gasteiger partial charge in [-0.3, -0.25) is 4.98 Å². The van der Waals surface area contributed by atoms with Crippen LogP contribution in [0.1, 0.15) is 10.5 Å². The first-order valence-corrected chi connectivity index (χ1v) is 9.45. The van der Waals surface area contributed by atoms with Gasteiger partial charge in [-0.1, -0.05) is 11.1 Å². The number of carbonyl (C=O) groups is 1. The Balaban J connectivity index is 1.78. The van der Waals surface area contributed by atoms with Crippen LogP contribution in [0.2, 0.25) is 0 Å². The summed E-state index contributed by atoms with van der Waals surface area (Å²) in [5.41, 5.74) is 2.51. The molecule has 0 unspecified atom stereocenters. The molecular formula is C16H14N7O4S+. The van der Waals surface area contributed by atoms with E-state index in [1.165, 1.54) is 30.5 Å². The van der Waals surface area contributed by atoms with Gasteiger partial charge in [-0.2, -0.15) is 4.98 Å². The minimum Gasteiger partial charge on any atom is -0.477 e. The average Bonchev–Trinajstić information content (AvgIpc) is 3.30. The van der Waals surface area contributed by atoms with Crippen LogP contribution in [0.3, 0.4) is 0 Å². The number of H-pyrrole nitrogens is 3. The van der Waals surface area contributed by atoms with Gasteiger partial charge >= 0.3 is 17.6 Å². The summed E-state index contributed by atoms with van der Waals surface area (Å²) in [6.45, 7) is 0. The van der Waals surface area contributed by atoms with Crippen LogP contribution in [0.25, 0.3) is 22.4 Å². The number of benzene rings is 1. The van der Waals surface area contributed by atoms with Gasteiger partial charge < -0.3 is 15.4 Å². The van der Waals surface area contributed by atoms with Crippen molar-refractivity contribution in [3.05, 3.63) is 48.5 Å². The number of aromatic amines is 3. The summed E-state index contributed by atoms with van der Waals surface area (Å²) in [6.07, 6.45) is 3.09. The molecule has 12 heteroatoms. The smallest absolute Gasteiger partial charge is 0.352 e. The molecule has 0 atom stereocenters. The van der Waals surface area contributed by atoms with Gasteiger partial charge in [0, 0.05) is 17.4 Å². The molecular weight excluding hydrogens is 386 g/mol. The number of aromatic carboxylic acids is 1. The van der Waals surface area contributed by atoms with Crippen LogP contribution in [0, 0.1) is 0 Å². The second kappa shape index (κ2) is 6.44. The second-order valence-electron chi connectivity index (χ2n) is 5.86. The minimum absolute atomic E-state index is 0.0210. The van der Waals surface area contributed by atoms with Gasteiger partial charge in [-0.05, 0) is 24.3 Å². The number of nitrogens with zero attached hydrogens (tertiary/aromatic N) is 2. The van der Waals surface area contributed by atoms with Crippen molar-refractivity contribution < 1.29 is 23.3 Å².